The second-order valence-electron chi connectivity index (χ2n) is 6.47. The number of carbonyl (C=O) groups excluding carboxylic acids is 1. The number of hydrogen-bond acceptors (Lipinski definition) is 5. The van der Waals surface area contributed by atoms with Gasteiger partial charge >= 0.3 is 0 Å². The summed E-state index contributed by atoms with van der Waals surface area (Å²) in [7, 11) is 1.58. The van der Waals surface area contributed by atoms with Crippen LogP contribution in [0.1, 0.15) is 20.9 Å². The minimum absolute atomic E-state index is 0.187. The maximum absolute atomic E-state index is 12.7. The summed E-state index contributed by atoms with van der Waals surface area (Å²) in [4.78, 5) is 18.4. The number of ether oxygens (including phenoxy) is 1. The number of para-hydroxylation sites is 1. The number of thioether (sulfide) groups is 1. The van der Waals surface area contributed by atoms with Crippen molar-refractivity contribution in [3.8, 4) is 5.75 Å². The van der Waals surface area contributed by atoms with Gasteiger partial charge in [0.25, 0.3) is 5.91 Å². The molecule has 0 aliphatic rings. The lowest BCUT2D eigenvalue weighted by molar-refractivity contribution is 0.102. The summed E-state index contributed by atoms with van der Waals surface area (Å²) in [6.45, 7) is 0. The van der Waals surface area contributed by atoms with Crippen LogP contribution in [0.15, 0.2) is 71.6 Å². The van der Waals surface area contributed by atoms with Crippen LogP contribution in [0.5, 0.6) is 5.75 Å². The number of rotatable bonds is 6. The monoisotopic (exact) mass is 420 g/mol. The molecule has 3 aromatic carbocycles. The number of hydrogen-bond donors (Lipinski definition) is 1. The topological polar surface area (TPSA) is 51.2 Å². The Morgan fingerprint density at radius 3 is 2.62 bits per heavy atom. The van der Waals surface area contributed by atoms with Gasteiger partial charge in [0.15, 0.2) is 0 Å². The van der Waals surface area contributed by atoms with Crippen LogP contribution < -0.4 is 10.1 Å². The predicted octanol–water partition coefficient (Wildman–Crippen LogP) is 5.87. The summed E-state index contributed by atoms with van der Waals surface area (Å²) in [5, 5.41) is 4.03. The minimum Gasteiger partial charge on any atom is -0.496 e. The molecule has 4 aromatic rings. The van der Waals surface area contributed by atoms with Gasteiger partial charge in [0.2, 0.25) is 0 Å². The third-order valence-corrected chi connectivity index (χ3v) is 6.32. The molecule has 0 aliphatic heterocycles. The highest BCUT2D eigenvalue weighted by Gasteiger charge is 2.13. The number of benzene rings is 3. The van der Waals surface area contributed by atoms with Crippen molar-refractivity contribution in [2.24, 2.45) is 0 Å². The number of fused-ring (bicyclic) bond motifs is 1. The predicted molar refractivity (Wildman–Crippen MR) is 122 cm³/mol. The zero-order chi connectivity index (χ0) is 20.2. The zero-order valence-corrected chi connectivity index (χ0v) is 17.8. The molecule has 0 aliphatic carbocycles. The molecule has 1 aromatic heterocycles. The summed E-state index contributed by atoms with van der Waals surface area (Å²) in [5.41, 5.74) is 3.46. The van der Waals surface area contributed by atoms with E-state index in [-0.39, 0.29) is 5.91 Å². The summed E-state index contributed by atoms with van der Waals surface area (Å²) in [6, 6.07) is 21.6. The molecule has 0 radical (unpaired) electrons. The maximum atomic E-state index is 12.7. The quantitative estimate of drug-likeness (QED) is 0.396. The molecule has 29 heavy (non-hydrogen) atoms. The number of nitrogens with zero attached hydrogens (tertiary/aromatic N) is 1. The van der Waals surface area contributed by atoms with Gasteiger partial charge in [-0.2, -0.15) is 0 Å². The maximum Gasteiger partial charge on any atom is 0.259 e. The summed E-state index contributed by atoms with van der Waals surface area (Å²) in [6.07, 6.45) is 2.77. The molecule has 0 spiro atoms. The molecule has 4 nitrogen and oxygen atoms in total. The summed E-state index contributed by atoms with van der Waals surface area (Å²) >= 11 is 3.32. The van der Waals surface area contributed by atoms with E-state index in [1.54, 1.807) is 36.3 Å². The van der Waals surface area contributed by atoms with Gasteiger partial charge < -0.3 is 10.1 Å². The van der Waals surface area contributed by atoms with Gasteiger partial charge in [0.05, 0.1) is 27.9 Å². The lowest BCUT2D eigenvalue weighted by Gasteiger charge is -2.11. The van der Waals surface area contributed by atoms with Gasteiger partial charge in [-0.05, 0) is 54.3 Å². The Hall–Kier alpha value is -2.83. The van der Waals surface area contributed by atoms with Gasteiger partial charge in [0.1, 0.15) is 5.75 Å². The highest BCUT2D eigenvalue weighted by atomic mass is 32.2. The molecular formula is C23H20N2O2S2. The molecule has 6 heteroatoms. The Balaban J connectivity index is 1.46. The molecule has 0 saturated carbocycles. The molecule has 0 bridgehead atoms. The number of aromatic nitrogens is 1. The van der Waals surface area contributed by atoms with Crippen LogP contribution in [-0.2, 0) is 6.42 Å². The van der Waals surface area contributed by atoms with Crippen LogP contribution in [0, 0.1) is 0 Å². The van der Waals surface area contributed by atoms with Gasteiger partial charge in [0, 0.05) is 17.0 Å². The smallest absolute Gasteiger partial charge is 0.259 e. The van der Waals surface area contributed by atoms with Crippen molar-refractivity contribution in [1.82, 2.24) is 4.98 Å². The van der Waals surface area contributed by atoms with E-state index < -0.39 is 0 Å². The van der Waals surface area contributed by atoms with E-state index in [1.165, 1.54) is 4.70 Å². The van der Waals surface area contributed by atoms with Crippen LogP contribution in [-0.4, -0.2) is 24.3 Å². The number of carbonyl (C=O) groups is 1. The fraction of sp³-hybridized carbons (Fsp3) is 0.130. The van der Waals surface area contributed by atoms with E-state index in [1.807, 2.05) is 60.9 Å². The van der Waals surface area contributed by atoms with Crippen molar-refractivity contribution in [3.63, 3.8) is 0 Å². The molecule has 0 saturated heterocycles. The average molecular weight is 421 g/mol. The van der Waals surface area contributed by atoms with Gasteiger partial charge in [-0.1, -0.05) is 24.3 Å². The Labute approximate surface area is 177 Å². The normalized spacial score (nSPS) is 10.8. The van der Waals surface area contributed by atoms with Gasteiger partial charge in [-0.15, -0.1) is 23.1 Å². The first-order valence-corrected chi connectivity index (χ1v) is 11.2. The van der Waals surface area contributed by atoms with Crippen molar-refractivity contribution in [2.45, 2.75) is 11.3 Å². The van der Waals surface area contributed by atoms with E-state index >= 15 is 0 Å². The van der Waals surface area contributed by atoms with Crippen molar-refractivity contribution >= 4 is 44.9 Å². The summed E-state index contributed by atoms with van der Waals surface area (Å²) in [5.74, 6) is 0.384. The highest BCUT2D eigenvalue weighted by molar-refractivity contribution is 7.98. The molecule has 1 amide bonds. The summed E-state index contributed by atoms with van der Waals surface area (Å²) < 4.78 is 6.58. The SMILES string of the molecule is COc1cc(SC)ccc1C(=O)Nc1ccc(Cc2nc3ccccc3s2)cc1. The molecule has 0 unspecified atom stereocenters. The van der Waals surface area contributed by atoms with Gasteiger partial charge in [-0.25, -0.2) is 4.98 Å². The molecular weight excluding hydrogens is 400 g/mol. The van der Waals surface area contributed by atoms with E-state index in [0.29, 0.717) is 11.3 Å². The molecule has 0 atom stereocenters. The molecule has 146 valence electrons. The lowest BCUT2D eigenvalue weighted by Crippen LogP contribution is -2.13. The first kappa shape index (κ1) is 19.5. The van der Waals surface area contributed by atoms with Crippen LogP contribution in [0.25, 0.3) is 10.2 Å². The van der Waals surface area contributed by atoms with Gasteiger partial charge in [-0.3, -0.25) is 4.79 Å². The minimum atomic E-state index is -0.187. The first-order chi connectivity index (χ1) is 14.2. The lowest BCUT2D eigenvalue weighted by atomic mass is 10.1. The van der Waals surface area contributed by atoms with Crippen molar-refractivity contribution < 1.29 is 9.53 Å². The van der Waals surface area contributed by atoms with E-state index in [2.05, 4.69) is 16.4 Å². The fourth-order valence-electron chi connectivity index (χ4n) is 3.06. The second kappa shape index (κ2) is 8.68. The van der Waals surface area contributed by atoms with Crippen LogP contribution in [0.4, 0.5) is 5.69 Å². The highest BCUT2D eigenvalue weighted by Crippen LogP contribution is 2.27. The van der Waals surface area contributed by atoms with Crippen LogP contribution in [0.2, 0.25) is 0 Å². The van der Waals surface area contributed by atoms with Crippen molar-refractivity contribution in [1.29, 1.82) is 0 Å². The van der Waals surface area contributed by atoms with Crippen molar-refractivity contribution in [3.05, 3.63) is 82.9 Å². The Bertz CT molecular complexity index is 1120. The number of nitrogens with one attached hydrogen (secondary N) is 1. The van der Waals surface area contributed by atoms with Crippen LogP contribution in [0.3, 0.4) is 0 Å². The number of amides is 1. The number of methoxy groups -OCH3 is 1. The fourth-order valence-corrected chi connectivity index (χ4v) is 4.49. The molecule has 0 fully saturated rings. The Morgan fingerprint density at radius 2 is 1.90 bits per heavy atom. The number of anilines is 1. The Morgan fingerprint density at radius 1 is 1.10 bits per heavy atom. The largest absolute Gasteiger partial charge is 0.496 e. The van der Waals surface area contributed by atoms with E-state index in [9.17, 15) is 4.79 Å². The van der Waals surface area contributed by atoms with Crippen LogP contribution >= 0.6 is 23.1 Å². The second-order valence-corrected chi connectivity index (χ2v) is 8.46. The van der Waals surface area contributed by atoms with Crippen molar-refractivity contribution in [2.75, 3.05) is 18.7 Å². The first-order valence-electron chi connectivity index (χ1n) is 9.13. The Kier molecular flexibility index (Phi) is 5.83. The zero-order valence-electron chi connectivity index (χ0n) is 16.1. The molecule has 1 N–H and O–H groups in total. The third kappa shape index (κ3) is 4.44. The standard InChI is InChI=1S/C23H20N2O2S2/c1-27-20-14-17(28-2)11-12-18(20)23(26)24-16-9-7-15(8-10-16)13-22-25-19-5-3-4-6-21(19)29-22/h3-12,14H,13H2,1-2H3,(H,24,26). The van der Waals surface area contributed by atoms with E-state index in [0.717, 1.165) is 33.1 Å². The number of thiazole rings is 1. The third-order valence-electron chi connectivity index (χ3n) is 4.56. The van der Waals surface area contributed by atoms with E-state index in [4.69, 9.17) is 4.74 Å². The average Bonchev–Trinajstić information content (AvgIpc) is 3.16. The molecule has 4 rings (SSSR count). The molecule has 1 heterocycles.